The summed E-state index contributed by atoms with van der Waals surface area (Å²) in [5, 5.41) is 4.40. The lowest BCUT2D eigenvalue weighted by Gasteiger charge is -2.34. The van der Waals surface area contributed by atoms with E-state index < -0.39 is 0 Å². The standard InChI is InChI=1S/C18H25N5O2/c1-13-15(14(2)21(3)20-13)6-7-17(24)22-9-11-23(12-10-22)18(25)16-5-4-8-19-16/h4-5,8,19H,6-7,9-12H2,1-3H3. The highest BCUT2D eigenvalue weighted by Gasteiger charge is 2.25. The first-order valence-electron chi connectivity index (χ1n) is 8.67. The van der Waals surface area contributed by atoms with Crippen LogP contribution >= 0.6 is 0 Å². The number of rotatable bonds is 4. The van der Waals surface area contributed by atoms with Crippen molar-refractivity contribution >= 4 is 11.8 Å². The summed E-state index contributed by atoms with van der Waals surface area (Å²) in [7, 11) is 1.92. The smallest absolute Gasteiger partial charge is 0.270 e. The monoisotopic (exact) mass is 343 g/mol. The van der Waals surface area contributed by atoms with Crippen molar-refractivity contribution in [1.82, 2.24) is 24.6 Å². The summed E-state index contributed by atoms with van der Waals surface area (Å²) in [6.45, 7) is 6.36. The lowest BCUT2D eigenvalue weighted by atomic mass is 10.1. The first-order chi connectivity index (χ1) is 12.0. The van der Waals surface area contributed by atoms with Crippen LogP contribution in [0.25, 0.3) is 0 Å². The molecule has 2 amide bonds. The molecule has 0 unspecified atom stereocenters. The van der Waals surface area contributed by atoms with Crippen LogP contribution in [-0.4, -0.2) is 62.6 Å². The molecule has 0 aliphatic carbocycles. The van der Waals surface area contributed by atoms with Crippen molar-refractivity contribution in [3.8, 4) is 0 Å². The second-order valence-electron chi connectivity index (χ2n) is 6.53. The van der Waals surface area contributed by atoms with E-state index in [0.29, 0.717) is 44.7 Å². The van der Waals surface area contributed by atoms with Gasteiger partial charge in [-0.3, -0.25) is 14.3 Å². The van der Waals surface area contributed by atoms with Gasteiger partial charge in [0, 0.05) is 51.5 Å². The van der Waals surface area contributed by atoms with Gasteiger partial charge in [0.05, 0.1) is 5.69 Å². The van der Waals surface area contributed by atoms with E-state index in [4.69, 9.17) is 0 Å². The summed E-state index contributed by atoms with van der Waals surface area (Å²) in [6.07, 6.45) is 2.94. The average molecular weight is 343 g/mol. The summed E-state index contributed by atoms with van der Waals surface area (Å²) in [5.41, 5.74) is 3.87. The molecule has 3 rings (SSSR count). The largest absolute Gasteiger partial charge is 0.357 e. The fraction of sp³-hybridized carbons (Fsp3) is 0.500. The van der Waals surface area contributed by atoms with Crippen LogP contribution in [0.1, 0.15) is 33.9 Å². The van der Waals surface area contributed by atoms with Gasteiger partial charge in [-0.05, 0) is 38.0 Å². The Labute approximate surface area is 147 Å². The van der Waals surface area contributed by atoms with E-state index in [1.54, 1.807) is 17.2 Å². The Bertz CT molecular complexity index is 755. The van der Waals surface area contributed by atoms with Crippen LogP contribution in [-0.2, 0) is 18.3 Å². The number of amides is 2. The number of nitrogens with one attached hydrogen (secondary N) is 1. The number of aryl methyl sites for hydroxylation is 2. The molecule has 7 nitrogen and oxygen atoms in total. The molecule has 2 aromatic rings. The van der Waals surface area contributed by atoms with Crippen LogP contribution in [0.3, 0.4) is 0 Å². The van der Waals surface area contributed by atoms with Crippen LogP contribution in [0.15, 0.2) is 18.3 Å². The zero-order valence-corrected chi connectivity index (χ0v) is 15.1. The topological polar surface area (TPSA) is 74.2 Å². The number of H-pyrrole nitrogens is 1. The molecule has 0 spiro atoms. The first kappa shape index (κ1) is 17.3. The molecule has 1 saturated heterocycles. The summed E-state index contributed by atoms with van der Waals surface area (Å²) < 4.78 is 1.86. The van der Waals surface area contributed by atoms with E-state index in [1.165, 1.54) is 0 Å². The summed E-state index contributed by atoms with van der Waals surface area (Å²) in [4.78, 5) is 31.4. The molecule has 0 bridgehead atoms. The molecule has 0 radical (unpaired) electrons. The Balaban J connectivity index is 1.51. The van der Waals surface area contributed by atoms with Crippen molar-refractivity contribution in [2.24, 2.45) is 7.05 Å². The van der Waals surface area contributed by atoms with Crippen molar-refractivity contribution in [3.05, 3.63) is 41.0 Å². The second-order valence-corrected chi connectivity index (χ2v) is 6.53. The van der Waals surface area contributed by atoms with E-state index >= 15 is 0 Å². The number of carbonyl (C=O) groups excluding carboxylic acids is 2. The number of carbonyl (C=O) groups is 2. The molecule has 1 aliphatic rings. The third-order valence-corrected chi connectivity index (χ3v) is 5.00. The maximum atomic E-state index is 12.5. The van der Waals surface area contributed by atoms with Crippen LogP contribution < -0.4 is 0 Å². The molecule has 25 heavy (non-hydrogen) atoms. The number of hydrogen-bond acceptors (Lipinski definition) is 3. The predicted molar refractivity (Wildman–Crippen MR) is 94.3 cm³/mol. The van der Waals surface area contributed by atoms with Gasteiger partial charge in [0.2, 0.25) is 5.91 Å². The van der Waals surface area contributed by atoms with E-state index in [9.17, 15) is 9.59 Å². The molecule has 3 heterocycles. The van der Waals surface area contributed by atoms with Crippen LogP contribution in [0.5, 0.6) is 0 Å². The van der Waals surface area contributed by atoms with Gasteiger partial charge in [-0.25, -0.2) is 0 Å². The van der Waals surface area contributed by atoms with Gasteiger partial charge in [-0.15, -0.1) is 0 Å². The molecule has 0 saturated carbocycles. The molecular weight excluding hydrogens is 318 g/mol. The van der Waals surface area contributed by atoms with Gasteiger partial charge >= 0.3 is 0 Å². The summed E-state index contributed by atoms with van der Waals surface area (Å²) in [6, 6.07) is 3.59. The van der Waals surface area contributed by atoms with Crippen molar-refractivity contribution in [2.45, 2.75) is 26.7 Å². The minimum Gasteiger partial charge on any atom is -0.357 e. The Hall–Kier alpha value is -2.57. The molecule has 0 aromatic carbocycles. The minimum atomic E-state index is -0.00120. The van der Waals surface area contributed by atoms with Gasteiger partial charge in [0.25, 0.3) is 5.91 Å². The zero-order chi connectivity index (χ0) is 18.0. The molecule has 7 heteroatoms. The Morgan fingerprint density at radius 1 is 1.16 bits per heavy atom. The number of aromatic amines is 1. The fourth-order valence-electron chi connectivity index (χ4n) is 3.36. The van der Waals surface area contributed by atoms with Crippen molar-refractivity contribution < 1.29 is 9.59 Å². The molecular formula is C18H25N5O2. The van der Waals surface area contributed by atoms with E-state index in [0.717, 1.165) is 17.0 Å². The molecule has 1 aliphatic heterocycles. The predicted octanol–water partition coefficient (Wildman–Crippen LogP) is 1.28. The maximum Gasteiger partial charge on any atom is 0.270 e. The zero-order valence-electron chi connectivity index (χ0n) is 15.1. The van der Waals surface area contributed by atoms with Gasteiger partial charge < -0.3 is 14.8 Å². The number of aromatic nitrogens is 3. The van der Waals surface area contributed by atoms with Gasteiger partial charge in [0.1, 0.15) is 5.69 Å². The molecule has 0 atom stereocenters. The third kappa shape index (κ3) is 3.60. The SMILES string of the molecule is Cc1nn(C)c(C)c1CCC(=O)N1CCN(C(=O)c2ccc[nH]2)CC1. The summed E-state index contributed by atoms with van der Waals surface area (Å²) in [5.74, 6) is 0.147. The number of nitrogens with zero attached hydrogens (tertiary/aromatic N) is 4. The first-order valence-corrected chi connectivity index (χ1v) is 8.67. The van der Waals surface area contributed by atoms with Gasteiger partial charge in [0.15, 0.2) is 0 Å². The number of piperazine rings is 1. The average Bonchev–Trinajstić information content (AvgIpc) is 3.22. The number of hydrogen-bond donors (Lipinski definition) is 1. The third-order valence-electron chi connectivity index (χ3n) is 5.00. The van der Waals surface area contributed by atoms with E-state index in [1.807, 2.05) is 36.5 Å². The summed E-state index contributed by atoms with van der Waals surface area (Å²) >= 11 is 0. The van der Waals surface area contributed by atoms with Crippen molar-refractivity contribution in [2.75, 3.05) is 26.2 Å². The van der Waals surface area contributed by atoms with E-state index in [2.05, 4.69) is 10.1 Å². The maximum absolute atomic E-state index is 12.5. The molecule has 1 N–H and O–H groups in total. The van der Waals surface area contributed by atoms with Gasteiger partial charge in [-0.2, -0.15) is 5.10 Å². The molecule has 134 valence electrons. The van der Waals surface area contributed by atoms with E-state index in [-0.39, 0.29) is 11.8 Å². The van der Waals surface area contributed by atoms with Crippen molar-refractivity contribution in [1.29, 1.82) is 0 Å². The highest BCUT2D eigenvalue weighted by Crippen LogP contribution is 2.15. The van der Waals surface area contributed by atoms with Crippen LogP contribution in [0.4, 0.5) is 0 Å². The molecule has 1 fully saturated rings. The van der Waals surface area contributed by atoms with Crippen LogP contribution in [0.2, 0.25) is 0 Å². The quantitative estimate of drug-likeness (QED) is 0.909. The van der Waals surface area contributed by atoms with Gasteiger partial charge in [-0.1, -0.05) is 0 Å². The minimum absolute atomic E-state index is 0.00120. The lowest BCUT2D eigenvalue weighted by Crippen LogP contribution is -2.50. The Morgan fingerprint density at radius 2 is 1.84 bits per heavy atom. The Kier molecular flexibility index (Phi) is 4.92. The highest BCUT2D eigenvalue weighted by atomic mass is 16.2. The second kappa shape index (κ2) is 7.13. The highest BCUT2D eigenvalue weighted by molar-refractivity contribution is 5.92. The fourth-order valence-corrected chi connectivity index (χ4v) is 3.36. The molecule has 2 aromatic heterocycles. The van der Waals surface area contributed by atoms with Crippen LogP contribution in [0, 0.1) is 13.8 Å². The van der Waals surface area contributed by atoms with Crippen molar-refractivity contribution in [3.63, 3.8) is 0 Å². The normalized spacial score (nSPS) is 14.8. The Morgan fingerprint density at radius 3 is 2.40 bits per heavy atom. The lowest BCUT2D eigenvalue weighted by molar-refractivity contribution is -0.132.